The first-order chi connectivity index (χ1) is 13.5. The van der Waals surface area contributed by atoms with Crippen LogP contribution in [0.2, 0.25) is 0 Å². The van der Waals surface area contributed by atoms with Crippen LogP contribution in [0.3, 0.4) is 0 Å². The Morgan fingerprint density at radius 3 is 1.82 bits per heavy atom. The molecule has 0 radical (unpaired) electrons. The lowest BCUT2D eigenvalue weighted by molar-refractivity contribution is 0.214. The molecular formula is C24H56N4. The van der Waals surface area contributed by atoms with E-state index in [1.54, 1.807) is 0 Å². The second-order valence-electron chi connectivity index (χ2n) is 8.24. The molecule has 0 spiro atoms. The van der Waals surface area contributed by atoms with Crippen molar-refractivity contribution in [2.75, 3.05) is 67.0 Å². The van der Waals surface area contributed by atoms with Crippen LogP contribution in [0.1, 0.15) is 80.1 Å². The van der Waals surface area contributed by atoms with Gasteiger partial charge in [0.05, 0.1) is 0 Å². The van der Waals surface area contributed by atoms with Crippen LogP contribution in [0.25, 0.3) is 0 Å². The quantitative estimate of drug-likeness (QED) is 0.662. The maximum Gasteiger partial charge on any atom is 0.0106 e. The van der Waals surface area contributed by atoms with Crippen molar-refractivity contribution in [1.82, 2.24) is 20.0 Å². The van der Waals surface area contributed by atoms with Crippen LogP contribution in [0.5, 0.6) is 0 Å². The fourth-order valence-electron chi connectivity index (χ4n) is 3.59. The van der Waals surface area contributed by atoms with Gasteiger partial charge in [0.15, 0.2) is 0 Å². The minimum absolute atomic E-state index is 0.898. The van der Waals surface area contributed by atoms with Crippen molar-refractivity contribution in [3.05, 3.63) is 0 Å². The lowest BCUT2D eigenvalue weighted by Crippen LogP contribution is -2.37. The Morgan fingerprint density at radius 2 is 1.43 bits per heavy atom. The van der Waals surface area contributed by atoms with Gasteiger partial charge in [-0.15, -0.1) is 0 Å². The summed E-state index contributed by atoms with van der Waals surface area (Å²) < 4.78 is 0. The van der Waals surface area contributed by atoms with Crippen molar-refractivity contribution in [2.45, 2.75) is 86.1 Å². The number of nitrogens with one attached hydrogen (secondary N) is 1. The molecule has 2 heterocycles. The number of piperidine rings is 1. The Morgan fingerprint density at radius 1 is 0.893 bits per heavy atom. The molecule has 0 aromatic carbocycles. The van der Waals surface area contributed by atoms with Gasteiger partial charge in [-0.1, -0.05) is 48.0 Å². The maximum atomic E-state index is 3.42. The summed E-state index contributed by atoms with van der Waals surface area (Å²) >= 11 is 0. The Hall–Kier alpha value is -0.160. The molecule has 4 heteroatoms. The summed E-state index contributed by atoms with van der Waals surface area (Å²) in [6.45, 7) is 21.3. The lowest BCUT2D eigenvalue weighted by Gasteiger charge is -2.28. The van der Waals surface area contributed by atoms with Crippen LogP contribution in [-0.4, -0.2) is 87.7 Å². The highest BCUT2D eigenvalue weighted by atomic mass is 15.2. The average Bonchev–Trinajstić information content (AvgIpc) is 3.14. The standard InChI is InChI=1S/C12H27N3.C7H15N.C3H8.C2H6/c1-4-14(2)9-10-15(3)11-12-5-7-13-8-6-12;1-3-7-5-4-6-8(7)2;1-3-2;1-2/h12-13H,4-11H2,1-3H3;7H,3-6H2,1-2H3;3H2,1-2H3;1-2H3. The highest BCUT2D eigenvalue weighted by molar-refractivity contribution is 4.74. The summed E-state index contributed by atoms with van der Waals surface area (Å²) in [6, 6.07) is 0.898. The number of likely N-dealkylation sites (tertiary alicyclic amines) is 1. The number of hydrogen-bond donors (Lipinski definition) is 1. The van der Waals surface area contributed by atoms with E-state index in [4.69, 9.17) is 0 Å². The largest absolute Gasteiger partial charge is 0.317 e. The van der Waals surface area contributed by atoms with Crippen LogP contribution in [-0.2, 0) is 0 Å². The molecule has 28 heavy (non-hydrogen) atoms. The van der Waals surface area contributed by atoms with Gasteiger partial charge in [-0.05, 0) is 85.3 Å². The van der Waals surface area contributed by atoms with Crippen LogP contribution in [0, 0.1) is 5.92 Å². The molecule has 4 nitrogen and oxygen atoms in total. The van der Waals surface area contributed by atoms with Gasteiger partial charge in [0.1, 0.15) is 0 Å². The summed E-state index contributed by atoms with van der Waals surface area (Å²) in [5.41, 5.74) is 0. The number of rotatable bonds is 7. The topological polar surface area (TPSA) is 21.8 Å². The van der Waals surface area contributed by atoms with Crippen molar-refractivity contribution in [2.24, 2.45) is 5.92 Å². The van der Waals surface area contributed by atoms with Crippen molar-refractivity contribution < 1.29 is 0 Å². The van der Waals surface area contributed by atoms with Gasteiger partial charge in [-0.25, -0.2) is 0 Å². The maximum absolute atomic E-state index is 3.42. The second kappa shape index (κ2) is 21.5. The molecule has 0 aliphatic carbocycles. The van der Waals surface area contributed by atoms with E-state index in [2.05, 4.69) is 68.9 Å². The average molecular weight is 401 g/mol. The van der Waals surface area contributed by atoms with Gasteiger partial charge < -0.3 is 20.0 Å². The number of nitrogens with zero attached hydrogens (tertiary/aromatic N) is 3. The van der Waals surface area contributed by atoms with E-state index in [1.807, 2.05) is 13.8 Å². The molecule has 0 aromatic rings. The van der Waals surface area contributed by atoms with E-state index in [9.17, 15) is 0 Å². The van der Waals surface area contributed by atoms with Crippen molar-refractivity contribution in [3.63, 3.8) is 0 Å². The third-order valence-corrected chi connectivity index (χ3v) is 5.57. The molecule has 1 unspecified atom stereocenters. The molecule has 2 fully saturated rings. The molecule has 0 bridgehead atoms. The molecule has 0 amide bonds. The third kappa shape index (κ3) is 16.8. The van der Waals surface area contributed by atoms with E-state index in [1.165, 1.54) is 77.8 Å². The van der Waals surface area contributed by atoms with Crippen LogP contribution in [0.15, 0.2) is 0 Å². The number of hydrogen-bond acceptors (Lipinski definition) is 4. The van der Waals surface area contributed by atoms with Crippen molar-refractivity contribution >= 4 is 0 Å². The van der Waals surface area contributed by atoms with Gasteiger partial charge in [0.2, 0.25) is 0 Å². The molecular weight excluding hydrogens is 344 g/mol. The first-order valence-electron chi connectivity index (χ1n) is 12.3. The van der Waals surface area contributed by atoms with Crippen molar-refractivity contribution in [3.8, 4) is 0 Å². The summed E-state index contributed by atoms with van der Waals surface area (Å²) in [5, 5.41) is 3.42. The Bertz CT molecular complexity index is 292. The highest BCUT2D eigenvalue weighted by Gasteiger charge is 2.17. The molecule has 172 valence electrons. The molecule has 0 saturated carbocycles. The zero-order valence-electron chi connectivity index (χ0n) is 21.2. The molecule has 1 N–H and O–H groups in total. The van der Waals surface area contributed by atoms with Gasteiger partial charge in [0, 0.05) is 25.7 Å². The summed E-state index contributed by atoms with van der Waals surface area (Å²) in [5.74, 6) is 0.920. The Kier molecular flexibility index (Phi) is 23.1. The molecule has 2 saturated heterocycles. The molecule has 2 rings (SSSR count). The fourth-order valence-corrected chi connectivity index (χ4v) is 3.59. The lowest BCUT2D eigenvalue weighted by atomic mass is 9.98. The third-order valence-electron chi connectivity index (χ3n) is 5.57. The highest BCUT2D eigenvalue weighted by Crippen LogP contribution is 2.16. The van der Waals surface area contributed by atoms with E-state index in [-0.39, 0.29) is 0 Å². The predicted molar refractivity (Wildman–Crippen MR) is 130 cm³/mol. The molecule has 0 aromatic heterocycles. The van der Waals surface area contributed by atoms with Crippen LogP contribution in [0.4, 0.5) is 0 Å². The van der Waals surface area contributed by atoms with E-state index in [0.717, 1.165) is 18.5 Å². The first-order valence-corrected chi connectivity index (χ1v) is 12.3. The monoisotopic (exact) mass is 400 g/mol. The number of likely N-dealkylation sites (N-methyl/N-ethyl adjacent to an activating group) is 2. The zero-order valence-corrected chi connectivity index (χ0v) is 21.2. The van der Waals surface area contributed by atoms with Gasteiger partial charge >= 0.3 is 0 Å². The molecule has 1 atom stereocenters. The normalized spacial score (nSPS) is 20.0. The second-order valence-corrected chi connectivity index (χ2v) is 8.24. The minimum Gasteiger partial charge on any atom is -0.317 e. The Balaban J connectivity index is 0. The molecule has 2 aliphatic rings. The summed E-state index contributed by atoms with van der Waals surface area (Å²) in [4.78, 5) is 7.32. The van der Waals surface area contributed by atoms with E-state index >= 15 is 0 Å². The fraction of sp³-hybridized carbons (Fsp3) is 1.00. The predicted octanol–water partition coefficient (Wildman–Crippen LogP) is 4.80. The van der Waals surface area contributed by atoms with E-state index < -0.39 is 0 Å². The summed E-state index contributed by atoms with van der Waals surface area (Å²) in [6.07, 6.45) is 8.13. The van der Waals surface area contributed by atoms with Crippen molar-refractivity contribution in [1.29, 1.82) is 0 Å². The Labute approximate surface area is 179 Å². The smallest absolute Gasteiger partial charge is 0.0106 e. The van der Waals surface area contributed by atoms with Gasteiger partial charge in [-0.3, -0.25) is 0 Å². The van der Waals surface area contributed by atoms with Crippen LogP contribution < -0.4 is 5.32 Å². The summed E-state index contributed by atoms with van der Waals surface area (Å²) in [7, 11) is 6.67. The van der Waals surface area contributed by atoms with E-state index in [0.29, 0.717) is 0 Å². The van der Waals surface area contributed by atoms with Crippen LogP contribution >= 0.6 is 0 Å². The van der Waals surface area contributed by atoms with Gasteiger partial charge in [0.25, 0.3) is 0 Å². The first kappa shape index (κ1) is 30.0. The minimum atomic E-state index is 0.898. The van der Waals surface area contributed by atoms with Gasteiger partial charge in [-0.2, -0.15) is 0 Å². The molecule has 2 aliphatic heterocycles. The zero-order chi connectivity index (χ0) is 21.8. The SMILES string of the molecule is CC.CCC.CCC1CCCN1C.CCN(C)CCN(C)CC1CCNCC1.